The lowest BCUT2D eigenvalue weighted by Crippen LogP contribution is -2.45. The van der Waals surface area contributed by atoms with Crippen molar-refractivity contribution >= 4 is 51.1 Å². The fraction of sp³-hybridized carbons (Fsp3) is 0.350. The normalized spacial score (nSPS) is 12.1. The minimum absolute atomic E-state index is 0.0618. The molecule has 2 aromatic carbocycles. The fourth-order valence-corrected chi connectivity index (χ4v) is 5.09. The summed E-state index contributed by atoms with van der Waals surface area (Å²) in [5.41, 5.74) is 2.37. The molecule has 1 atom stereocenters. The quantitative estimate of drug-likeness (QED) is 0.486. The molecule has 0 fully saturated rings. The molecule has 2 aromatic rings. The molecular weight excluding hydrogens is 554 g/mol. The Kier molecular flexibility index (Phi) is 8.62. The van der Waals surface area contributed by atoms with Gasteiger partial charge in [0.15, 0.2) is 0 Å². The Hall–Kier alpha value is -0.870. The molecule has 140 valence electrons. The molecule has 0 aromatic heterocycles. The second-order valence-electron chi connectivity index (χ2n) is 6.30. The highest BCUT2D eigenvalue weighted by Gasteiger charge is 2.22. The molecule has 0 radical (unpaired) electrons. The van der Waals surface area contributed by atoms with Gasteiger partial charge in [-0.2, -0.15) is 0 Å². The van der Waals surface area contributed by atoms with Crippen molar-refractivity contribution in [3.05, 3.63) is 60.7 Å². The molecule has 2 rings (SSSR count). The van der Waals surface area contributed by atoms with Crippen LogP contribution in [0.15, 0.2) is 42.5 Å². The maximum absolute atomic E-state index is 12.7. The van der Waals surface area contributed by atoms with Gasteiger partial charge >= 0.3 is 0 Å². The van der Waals surface area contributed by atoms with E-state index in [2.05, 4.69) is 74.8 Å². The molecule has 1 amide bonds. The van der Waals surface area contributed by atoms with E-state index >= 15 is 0 Å². The molecule has 1 N–H and O–H groups in total. The number of rotatable bonds is 8. The average molecular weight is 578 g/mol. The van der Waals surface area contributed by atoms with Crippen LogP contribution in [0.5, 0.6) is 5.75 Å². The van der Waals surface area contributed by atoms with E-state index < -0.39 is 0 Å². The SMILES string of the molecule is COc1c(I)cc(CC(C(=O)NCCc2ccccc2)N(C)C)cc1I. The molecule has 0 spiro atoms. The minimum Gasteiger partial charge on any atom is -0.495 e. The minimum atomic E-state index is -0.203. The lowest BCUT2D eigenvalue weighted by Gasteiger charge is -2.24. The summed E-state index contributed by atoms with van der Waals surface area (Å²) in [5, 5.41) is 3.08. The third kappa shape index (κ3) is 6.09. The first kappa shape index (κ1) is 21.4. The van der Waals surface area contributed by atoms with E-state index in [4.69, 9.17) is 4.74 Å². The Balaban J connectivity index is 2.00. The number of carbonyl (C=O) groups excluding carboxylic acids is 1. The molecular formula is C20H24I2N2O2. The Bertz CT molecular complexity index is 713. The Morgan fingerprint density at radius 2 is 1.73 bits per heavy atom. The summed E-state index contributed by atoms with van der Waals surface area (Å²) in [6, 6.07) is 14.2. The summed E-state index contributed by atoms with van der Waals surface area (Å²) >= 11 is 4.56. The number of methoxy groups -OCH3 is 1. The van der Waals surface area contributed by atoms with Gasteiger partial charge in [-0.05, 0) is 95.4 Å². The molecule has 0 aliphatic carbocycles. The van der Waals surface area contributed by atoms with Crippen molar-refractivity contribution in [3.63, 3.8) is 0 Å². The van der Waals surface area contributed by atoms with Gasteiger partial charge in [0.2, 0.25) is 5.91 Å². The van der Waals surface area contributed by atoms with Crippen LogP contribution in [0.3, 0.4) is 0 Å². The van der Waals surface area contributed by atoms with Crippen molar-refractivity contribution in [2.75, 3.05) is 27.7 Å². The smallest absolute Gasteiger partial charge is 0.237 e. The lowest BCUT2D eigenvalue weighted by molar-refractivity contribution is -0.125. The van der Waals surface area contributed by atoms with Crippen LogP contribution in [-0.4, -0.2) is 44.6 Å². The molecule has 0 aliphatic rings. The van der Waals surface area contributed by atoms with Crippen LogP contribution in [0, 0.1) is 7.14 Å². The molecule has 0 saturated carbocycles. The van der Waals surface area contributed by atoms with Crippen molar-refractivity contribution < 1.29 is 9.53 Å². The van der Waals surface area contributed by atoms with Crippen molar-refractivity contribution in [1.29, 1.82) is 0 Å². The van der Waals surface area contributed by atoms with E-state index in [1.54, 1.807) is 7.11 Å². The van der Waals surface area contributed by atoms with Crippen molar-refractivity contribution in [1.82, 2.24) is 10.2 Å². The highest BCUT2D eigenvalue weighted by molar-refractivity contribution is 14.1. The van der Waals surface area contributed by atoms with Crippen LogP contribution >= 0.6 is 45.2 Å². The molecule has 6 heteroatoms. The molecule has 0 aliphatic heterocycles. The van der Waals surface area contributed by atoms with Crippen molar-refractivity contribution in [3.8, 4) is 5.75 Å². The van der Waals surface area contributed by atoms with Crippen LogP contribution in [-0.2, 0) is 17.6 Å². The highest BCUT2D eigenvalue weighted by atomic mass is 127. The first-order valence-corrected chi connectivity index (χ1v) is 10.6. The summed E-state index contributed by atoms with van der Waals surface area (Å²) in [6.07, 6.45) is 1.51. The largest absolute Gasteiger partial charge is 0.495 e. The van der Waals surface area contributed by atoms with E-state index in [-0.39, 0.29) is 11.9 Å². The molecule has 4 nitrogen and oxygen atoms in total. The van der Waals surface area contributed by atoms with Gasteiger partial charge in [-0.1, -0.05) is 30.3 Å². The Morgan fingerprint density at radius 1 is 1.12 bits per heavy atom. The number of nitrogens with zero attached hydrogens (tertiary/aromatic N) is 1. The van der Waals surface area contributed by atoms with Gasteiger partial charge in [0.05, 0.1) is 20.3 Å². The third-order valence-corrected chi connectivity index (χ3v) is 5.78. The van der Waals surface area contributed by atoms with Crippen molar-refractivity contribution in [2.24, 2.45) is 0 Å². The van der Waals surface area contributed by atoms with Crippen LogP contribution in [0.25, 0.3) is 0 Å². The summed E-state index contributed by atoms with van der Waals surface area (Å²) in [7, 11) is 5.57. The van der Waals surface area contributed by atoms with E-state index in [0.717, 1.165) is 24.9 Å². The van der Waals surface area contributed by atoms with Gasteiger partial charge in [-0.15, -0.1) is 0 Å². The zero-order chi connectivity index (χ0) is 19.1. The average Bonchev–Trinajstić information content (AvgIpc) is 2.60. The van der Waals surface area contributed by atoms with Gasteiger partial charge in [-0.25, -0.2) is 0 Å². The first-order chi connectivity index (χ1) is 12.4. The number of hydrogen-bond donors (Lipinski definition) is 1. The second-order valence-corrected chi connectivity index (χ2v) is 8.63. The number of nitrogens with one attached hydrogen (secondary N) is 1. The summed E-state index contributed by atoms with van der Waals surface area (Å²) in [5.74, 6) is 0.954. The van der Waals surface area contributed by atoms with Gasteiger partial charge in [-0.3, -0.25) is 9.69 Å². The number of carbonyl (C=O) groups is 1. The Labute approximate surface area is 183 Å². The van der Waals surface area contributed by atoms with Crippen LogP contribution < -0.4 is 10.1 Å². The molecule has 0 heterocycles. The second kappa shape index (κ2) is 10.5. The zero-order valence-corrected chi connectivity index (χ0v) is 19.6. The number of ether oxygens (including phenoxy) is 1. The number of hydrogen-bond acceptors (Lipinski definition) is 3. The predicted octanol–water partition coefficient (Wildman–Crippen LogP) is 3.74. The van der Waals surface area contributed by atoms with E-state index in [1.807, 2.05) is 37.2 Å². The van der Waals surface area contributed by atoms with E-state index in [1.165, 1.54) is 5.56 Å². The zero-order valence-electron chi connectivity index (χ0n) is 15.3. The topological polar surface area (TPSA) is 41.6 Å². The fourth-order valence-electron chi connectivity index (χ4n) is 2.75. The van der Waals surface area contributed by atoms with Crippen LogP contribution in [0.4, 0.5) is 0 Å². The first-order valence-electron chi connectivity index (χ1n) is 8.42. The van der Waals surface area contributed by atoms with Crippen LogP contribution in [0.1, 0.15) is 11.1 Å². The Morgan fingerprint density at radius 3 is 2.27 bits per heavy atom. The number of benzene rings is 2. The number of amides is 1. The summed E-state index contributed by atoms with van der Waals surface area (Å²) < 4.78 is 7.55. The standard InChI is InChI=1S/C20H24I2N2O2/c1-24(2)18(13-15-11-16(21)19(26-3)17(22)12-15)20(25)23-10-9-14-7-5-4-6-8-14/h4-8,11-12,18H,9-10,13H2,1-3H3,(H,23,25). The monoisotopic (exact) mass is 578 g/mol. The number of likely N-dealkylation sites (N-methyl/N-ethyl adjacent to an activating group) is 1. The molecule has 26 heavy (non-hydrogen) atoms. The maximum Gasteiger partial charge on any atom is 0.237 e. The highest BCUT2D eigenvalue weighted by Crippen LogP contribution is 2.29. The molecule has 1 unspecified atom stereocenters. The third-order valence-electron chi connectivity index (χ3n) is 4.17. The lowest BCUT2D eigenvalue weighted by atomic mass is 10.0. The predicted molar refractivity (Wildman–Crippen MR) is 123 cm³/mol. The molecule has 0 bridgehead atoms. The summed E-state index contributed by atoms with van der Waals surface area (Å²) in [4.78, 5) is 14.7. The van der Waals surface area contributed by atoms with Gasteiger partial charge in [0.25, 0.3) is 0 Å². The summed E-state index contributed by atoms with van der Waals surface area (Å²) in [6.45, 7) is 0.644. The van der Waals surface area contributed by atoms with E-state index in [9.17, 15) is 4.79 Å². The number of halogens is 2. The van der Waals surface area contributed by atoms with Gasteiger partial charge in [0.1, 0.15) is 5.75 Å². The van der Waals surface area contributed by atoms with Gasteiger partial charge in [0, 0.05) is 6.54 Å². The van der Waals surface area contributed by atoms with E-state index in [0.29, 0.717) is 13.0 Å². The van der Waals surface area contributed by atoms with Crippen LogP contribution in [0.2, 0.25) is 0 Å². The maximum atomic E-state index is 12.7. The molecule has 0 saturated heterocycles. The van der Waals surface area contributed by atoms with Crippen molar-refractivity contribution in [2.45, 2.75) is 18.9 Å². The van der Waals surface area contributed by atoms with Gasteiger partial charge < -0.3 is 10.1 Å².